The lowest BCUT2D eigenvalue weighted by molar-refractivity contribution is -0.152. The van der Waals surface area contributed by atoms with Crippen molar-refractivity contribution < 1.29 is 10.2 Å². The van der Waals surface area contributed by atoms with Crippen LogP contribution in [0, 0.1) is 34.5 Å². The average Bonchev–Trinajstić information content (AvgIpc) is 3.22. The zero-order chi connectivity index (χ0) is 20.4. The van der Waals surface area contributed by atoms with Gasteiger partial charge in [0, 0.05) is 30.6 Å². The van der Waals surface area contributed by atoms with E-state index in [-0.39, 0.29) is 11.5 Å². The third kappa shape index (κ3) is 2.97. The van der Waals surface area contributed by atoms with Crippen molar-refractivity contribution in [2.45, 2.75) is 88.5 Å². The van der Waals surface area contributed by atoms with Crippen molar-refractivity contribution >= 4 is 11.8 Å². The maximum absolute atomic E-state index is 11.9. The van der Waals surface area contributed by atoms with Crippen LogP contribution in [-0.2, 0) is 7.05 Å². The fourth-order valence-electron chi connectivity index (χ4n) is 8.26. The number of hydrogen-bond acceptors (Lipinski definition) is 4. The number of fused-ring (bicyclic) bond motifs is 5. The Labute approximate surface area is 179 Å². The molecular formula is C24H38N2O2S. The van der Waals surface area contributed by atoms with Crippen LogP contribution < -0.4 is 0 Å². The highest BCUT2D eigenvalue weighted by Crippen LogP contribution is 2.68. The van der Waals surface area contributed by atoms with Crippen molar-refractivity contribution in [3.8, 4) is 0 Å². The van der Waals surface area contributed by atoms with Gasteiger partial charge in [-0.3, -0.25) is 0 Å². The molecule has 4 aliphatic rings. The summed E-state index contributed by atoms with van der Waals surface area (Å²) in [6, 6.07) is 0. The van der Waals surface area contributed by atoms with Crippen molar-refractivity contribution in [1.82, 2.24) is 9.55 Å². The van der Waals surface area contributed by atoms with Crippen LogP contribution in [0.5, 0.6) is 0 Å². The van der Waals surface area contributed by atoms with E-state index in [9.17, 15) is 10.2 Å². The van der Waals surface area contributed by atoms with Gasteiger partial charge in [-0.2, -0.15) is 0 Å². The molecule has 1 heterocycles. The second-order valence-corrected chi connectivity index (χ2v) is 12.2. The summed E-state index contributed by atoms with van der Waals surface area (Å²) in [6.45, 7) is 4.94. The molecule has 0 unspecified atom stereocenters. The number of aliphatic hydroxyl groups excluding tert-OH is 1. The van der Waals surface area contributed by atoms with Gasteiger partial charge in [-0.25, -0.2) is 4.98 Å². The number of aromatic nitrogens is 2. The molecule has 0 aliphatic heterocycles. The Balaban J connectivity index is 1.36. The predicted molar refractivity (Wildman–Crippen MR) is 117 cm³/mol. The maximum atomic E-state index is 11.9. The third-order valence-corrected chi connectivity index (χ3v) is 11.5. The topological polar surface area (TPSA) is 58.3 Å². The Morgan fingerprint density at radius 2 is 1.90 bits per heavy atom. The van der Waals surface area contributed by atoms with Gasteiger partial charge in [-0.05, 0) is 86.9 Å². The molecule has 4 aliphatic carbocycles. The van der Waals surface area contributed by atoms with Gasteiger partial charge >= 0.3 is 0 Å². The second-order valence-electron chi connectivity index (χ2n) is 11.2. The van der Waals surface area contributed by atoms with E-state index in [0.717, 1.165) is 48.4 Å². The van der Waals surface area contributed by atoms with E-state index in [4.69, 9.17) is 0 Å². The first kappa shape index (κ1) is 20.4. The molecule has 0 radical (unpaired) electrons. The molecule has 4 fully saturated rings. The van der Waals surface area contributed by atoms with E-state index in [0.29, 0.717) is 17.3 Å². The Kier molecular flexibility index (Phi) is 4.92. The Hall–Kier alpha value is -0.520. The Morgan fingerprint density at radius 1 is 1.10 bits per heavy atom. The predicted octanol–water partition coefficient (Wildman–Crippen LogP) is 4.65. The number of thioether (sulfide) groups is 1. The van der Waals surface area contributed by atoms with Gasteiger partial charge in [0.25, 0.3) is 0 Å². The SMILES string of the molecule is Cn1ccnc1SC[C@]1(O)CC[C@@H]2[C@@H]3CC[C@H]4C[C@@H](O)CC[C@]4(C)[C@H]3CC[C@@]21C. The van der Waals surface area contributed by atoms with Crippen molar-refractivity contribution in [2.24, 2.45) is 41.5 Å². The van der Waals surface area contributed by atoms with Gasteiger partial charge in [0.05, 0.1) is 11.7 Å². The highest BCUT2D eigenvalue weighted by molar-refractivity contribution is 7.99. The molecule has 162 valence electrons. The number of hydrogen-bond donors (Lipinski definition) is 2. The van der Waals surface area contributed by atoms with Gasteiger partial charge < -0.3 is 14.8 Å². The summed E-state index contributed by atoms with van der Waals surface area (Å²) in [4.78, 5) is 4.45. The van der Waals surface area contributed by atoms with Gasteiger partial charge in [-0.1, -0.05) is 25.6 Å². The Bertz CT molecular complexity index is 768. The molecule has 5 heteroatoms. The lowest BCUT2D eigenvalue weighted by Crippen LogP contribution is -2.57. The van der Waals surface area contributed by atoms with E-state index in [2.05, 4.69) is 23.4 Å². The first-order valence-corrected chi connectivity index (χ1v) is 12.8. The van der Waals surface area contributed by atoms with Crippen LogP contribution in [0.2, 0.25) is 0 Å². The zero-order valence-corrected chi connectivity index (χ0v) is 19.1. The minimum atomic E-state index is -0.584. The minimum absolute atomic E-state index is 0.0315. The molecule has 4 saturated carbocycles. The zero-order valence-electron chi connectivity index (χ0n) is 18.3. The van der Waals surface area contributed by atoms with E-state index in [1.165, 1.54) is 32.1 Å². The summed E-state index contributed by atoms with van der Waals surface area (Å²) in [6.07, 6.45) is 14.1. The molecule has 0 spiro atoms. The molecule has 8 atom stereocenters. The minimum Gasteiger partial charge on any atom is -0.393 e. The van der Waals surface area contributed by atoms with Gasteiger partial charge in [-0.15, -0.1) is 0 Å². The Morgan fingerprint density at radius 3 is 2.66 bits per heavy atom. The number of rotatable bonds is 3. The third-order valence-electron chi connectivity index (χ3n) is 10.2. The van der Waals surface area contributed by atoms with Gasteiger partial charge in [0.2, 0.25) is 0 Å². The van der Waals surface area contributed by atoms with E-state index in [1.807, 2.05) is 19.4 Å². The van der Waals surface area contributed by atoms with Crippen LogP contribution in [0.4, 0.5) is 0 Å². The smallest absolute Gasteiger partial charge is 0.167 e. The molecule has 29 heavy (non-hydrogen) atoms. The molecule has 1 aromatic heterocycles. The lowest BCUT2D eigenvalue weighted by Gasteiger charge is -2.61. The fraction of sp³-hybridized carbons (Fsp3) is 0.875. The summed E-state index contributed by atoms with van der Waals surface area (Å²) in [5, 5.41) is 23.1. The summed E-state index contributed by atoms with van der Waals surface area (Å²) < 4.78 is 2.05. The van der Waals surface area contributed by atoms with Gasteiger partial charge in [0.1, 0.15) is 0 Å². The first-order valence-electron chi connectivity index (χ1n) is 11.8. The van der Waals surface area contributed by atoms with Crippen LogP contribution in [0.3, 0.4) is 0 Å². The highest BCUT2D eigenvalue weighted by atomic mass is 32.2. The molecule has 1 aromatic rings. The standard InChI is InChI=1S/C24H38N2O2S/c1-22-9-6-17(27)14-16(22)4-5-18-19(22)7-10-23(2)20(18)8-11-24(23,28)15-29-21-25-12-13-26(21)3/h12-13,16-20,27-28H,4-11,14-15H2,1-3H3/t16-,17-,18+,19-,20+,22-,23-,24+/m0/s1. The fourth-order valence-corrected chi connectivity index (χ4v) is 9.50. The number of aliphatic hydroxyl groups is 2. The largest absolute Gasteiger partial charge is 0.393 e. The molecular weight excluding hydrogens is 380 g/mol. The summed E-state index contributed by atoms with van der Waals surface area (Å²) >= 11 is 1.73. The summed E-state index contributed by atoms with van der Waals surface area (Å²) in [5.41, 5.74) is -0.143. The van der Waals surface area contributed by atoms with Gasteiger partial charge in [0.15, 0.2) is 5.16 Å². The number of nitrogens with zero attached hydrogens (tertiary/aromatic N) is 2. The number of aryl methyl sites for hydroxylation is 1. The molecule has 0 saturated heterocycles. The average molecular weight is 419 g/mol. The lowest BCUT2D eigenvalue weighted by atomic mass is 9.44. The molecule has 4 nitrogen and oxygen atoms in total. The van der Waals surface area contributed by atoms with Crippen LogP contribution in [0.25, 0.3) is 0 Å². The van der Waals surface area contributed by atoms with Crippen LogP contribution in [0.15, 0.2) is 17.6 Å². The summed E-state index contributed by atoms with van der Waals surface area (Å²) in [5.74, 6) is 3.66. The van der Waals surface area contributed by atoms with Crippen LogP contribution >= 0.6 is 11.8 Å². The van der Waals surface area contributed by atoms with Crippen LogP contribution in [-0.4, -0.2) is 37.2 Å². The maximum Gasteiger partial charge on any atom is 0.167 e. The van der Waals surface area contributed by atoms with Crippen molar-refractivity contribution in [1.29, 1.82) is 0 Å². The highest BCUT2D eigenvalue weighted by Gasteiger charge is 2.64. The van der Waals surface area contributed by atoms with Crippen LogP contribution in [0.1, 0.15) is 71.6 Å². The quantitative estimate of drug-likeness (QED) is 0.702. The first-order chi connectivity index (χ1) is 13.8. The molecule has 0 bridgehead atoms. The van der Waals surface area contributed by atoms with E-state index >= 15 is 0 Å². The van der Waals surface area contributed by atoms with E-state index in [1.54, 1.807) is 11.8 Å². The molecule has 0 aromatic carbocycles. The van der Waals surface area contributed by atoms with Crippen molar-refractivity contribution in [2.75, 3.05) is 5.75 Å². The normalized spacial score (nSPS) is 49.3. The monoisotopic (exact) mass is 418 g/mol. The summed E-state index contributed by atoms with van der Waals surface area (Å²) in [7, 11) is 2.03. The second kappa shape index (κ2) is 7.00. The molecule has 5 rings (SSSR count). The van der Waals surface area contributed by atoms with E-state index < -0.39 is 5.60 Å². The van der Waals surface area contributed by atoms with Crippen molar-refractivity contribution in [3.05, 3.63) is 12.4 Å². The molecule has 2 N–H and O–H groups in total. The molecule has 0 amide bonds. The van der Waals surface area contributed by atoms with Crippen molar-refractivity contribution in [3.63, 3.8) is 0 Å². The number of imidazole rings is 1.